The zero-order chi connectivity index (χ0) is 21.8. The van der Waals surface area contributed by atoms with Gasteiger partial charge in [0, 0.05) is 6.20 Å². The standard InChI is InChI=1S/C19H19F2N5O4/c1-10-4-15(29-3)17(21)14(16(10)20)9-30-13-6-22-19(23-7-13)25-12-5-24-26(8-12)11(2)18(27)28/h4-8,11H,9H2,1-3H3,(H,27,28)(H,22,23,25). The molecule has 30 heavy (non-hydrogen) atoms. The van der Waals surface area contributed by atoms with Gasteiger partial charge in [0.2, 0.25) is 5.95 Å². The minimum absolute atomic E-state index is 0.0685. The van der Waals surface area contributed by atoms with Crippen molar-refractivity contribution >= 4 is 17.6 Å². The smallest absolute Gasteiger partial charge is 0.328 e. The molecule has 0 fully saturated rings. The van der Waals surface area contributed by atoms with Gasteiger partial charge in [-0.3, -0.25) is 4.68 Å². The molecule has 2 aromatic heterocycles. The Bertz CT molecular complexity index is 1060. The van der Waals surface area contributed by atoms with Gasteiger partial charge in [-0.1, -0.05) is 0 Å². The van der Waals surface area contributed by atoms with Gasteiger partial charge in [-0.15, -0.1) is 0 Å². The number of carbonyl (C=O) groups is 1. The van der Waals surface area contributed by atoms with Crippen molar-refractivity contribution in [3.8, 4) is 11.5 Å². The van der Waals surface area contributed by atoms with Gasteiger partial charge >= 0.3 is 5.97 Å². The molecule has 0 aliphatic heterocycles. The summed E-state index contributed by atoms with van der Waals surface area (Å²) in [5.41, 5.74) is 0.474. The summed E-state index contributed by atoms with van der Waals surface area (Å²) < 4.78 is 40.1. The molecule has 1 unspecified atom stereocenters. The number of aromatic nitrogens is 4. The average Bonchev–Trinajstić information content (AvgIpc) is 3.19. The van der Waals surface area contributed by atoms with Crippen molar-refractivity contribution in [3.63, 3.8) is 0 Å². The lowest BCUT2D eigenvalue weighted by atomic mass is 10.1. The number of nitrogens with zero attached hydrogens (tertiary/aromatic N) is 4. The van der Waals surface area contributed by atoms with Crippen LogP contribution in [0.1, 0.15) is 24.1 Å². The summed E-state index contributed by atoms with van der Waals surface area (Å²) in [5.74, 6) is -2.20. The largest absolute Gasteiger partial charge is 0.494 e. The Morgan fingerprint density at radius 3 is 2.60 bits per heavy atom. The highest BCUT2D eigenvalue weighted by Crippen LogP contribution is 2.27. The van der Waals surface area contributed by atoms with E-state index < -0.39 is 23.6 Å². The van der Waals surface area contributed by atoms with Gasteiger partial charge in [0.1, 0.15) is 18.5 Å². The molecule has 11 heteroatoms. The minimum Gasteiger partial charge on any atom is -0.494 e. The number of carboxylic acid groups (broad SMARTS) is 1. The maximum Gasteiger partial charge on any atom is 0.328 e. The van der Waals surface area contributed by atoms with Crippen molar-refractivity contribution in [2.24, 2.45) is 0 Å². The zero-order valence-corrected chi connectivity index (χ0v) is 16.4. The van der Waals surface area contributed by atoms with Crippen LogP contribution < -0.4 is 14.8 Å². The average molecular weight is 419 g/mol. The number of methoxy groups -OCH3 is 1. The van der Waals surface area contributed by atoms with Crippen LogP contribution in [0.3, 0.4) is 0 Å². The maximum absolute atomic E-state index is 14.3. The second-order valence-corrected chi connectivity index (χ2v) is 6.38. The summed E-state index contributed by atoms with van der Waals surface area (Å²) in [4.78, 5) is 19.1. The molecule has 1 aromatic carbocycles. The molecule has 2 N–H and O–H groups in total. The number of halogens is 2. The second kappa shape index (κ2) is 8.72. The number of aliphatic carboxylic acids is 1. The van der Waals surface area contributed by atoms with E-state index in [0.29, 0.717) is 5.69 Å². The molecule has 0 aliphatic rings. The minimum atomic E-state index is -1.01. The fourth-order valence-corrected chi connectivity index (χ4v) is 2.55. The Hall–Kier alpha value is -3.76. The Labute approximate surface area is 170 Å². The van der Waals surface area contributed by atoms with E-state index in [-0.39, 0.29) is 35.2 Å². The molecular formula is C19H19F2N5O4. The van der Waals surface area contributed by atoms with Gasteiger partial charge in [0.15, 0.2) is 17.3 Å². The zero-order valence-electron chi connectivity index (χ0n) is 16.4. The highest BCUT2D eigenvalue weighted by atomic mass is 19.1. The Morgan fingerprint density at radius 2 is 1.97 bits per heavy atom. The molecule has 0 saturated carbocycles. The summed E-state index contributed by atoms with van der Waals surface area (Å²) in [6.07, 6.45) is 5.61. The molecule has 2 heterocycles. The van der Waals surface area contributed by atoms with Crippen molar-refractivity contribution in [1.29, 1.82) is 0 Å². The number of hydrogen-bond donors (Lipinski definition) is 2. The molecule has 3 aromatic rings. The highest BCUT2D eigenvalue weighted by Gasteiger charge is 2.18. The van der Waals surface area contributed by atoms with Crippen molar-refractivity contribution in [2.75, 3.05) is 12.4 Å². The molecule has 9 nitrogen and oxygen atoms in total. The van der Waals surface area contributed by atoms with E-state index >= 15 is 0 Å². The number of benzene rings is 1. The van der Waals surface area contributed by atoms with Crippen LogP contribution in [0.2, 0.25) is 0 Å². The van der Waals surface area contributed by atoms with E-state index in [2.05, 4.69) is 20.4 Å². The monoisotopic (exact) mass is 419 g/mol. The number of nitrogens with one attached hydrogen (secondary N) is 1. The highest BCUT2D eigenvalue weighted by molar-refractivity contribution is 5.71. The summed E-state index contributed by atoms with van der Waals surface area (Å²) in [7, 11) is 1.30. The molecule has 0 bridgehead atoms. The third kappa shape index (κ3) is 4.45. The third-order valence-corrected chi connectivity index (χ3v) is 4.28. The molecule has 158 valence electrons. The van der Waals surface area contributed by atoms with Gasteiger partial charge in [0.05, 0.1) is 37.0 Å². The summed E-state index contributed by atoms with van der Waals surface area (Å²) in [6.45, 7) is 2.63. The van der Waals surface area contributed by atoms with Crippen molar-refractivity contribution in [1.82, 2.24) is 19.7 Å². The fraction of sp³-hybridized carbons (Fsp3) is 0.263. The van der Waals surface area contributed by atoms with Gasteiger partial charge in [-0.05, 0) is 25.5 Å². The fourth-order valence-electron chi connectivity index (χ4n) is 2.55. The summed E-state index contributed by atoms with van der Waals surface area (Å²) in [5, 5.41) is 15.8. The van der Waals surface area contributed by atoms with Crippen molar-refractivity contribution in [2.45, 2.75) is 26.5 Å². The molecular weight excluding hydrogens is 400 g/mol. The molecule has 0 amide bonds. The molecule has 1 atom stereocenters. The van der Waals surface area contributed by atoms with E-state index in [1.54, 1.807) is 0 Å². The lowest BCUT2D eigenvalue weighted by Gasteiger charge is -2.12. The van der Waals surface area contributed by atoms with Crippen LogP contribution in [0.5, 0.6) is 11.5 Å². The van der Waals surface area contributed by atoms with Crippen molar-refractivity contribution < 1.29 is 28.2 Å². The first kappa shape index (κ1) is 21.0. The van der Waals surface area contributed by atoms with Gasteiger partial charge in [0.25, 0.3) is 0 Å². The topological polar surface area (TPSA) is 111 Å². The summed E-state index contributed by atoms with van der Waals surface area (Å²) >= 11 is 0. The lowest BCUT2D eigenvalue weighted by molar-refractivity contribution is -0.140. The van der Waals surface area contributed by atoms with Crippen LogP contribution >= 0.6 is 0 Å². The molecule has 0 radical (unpaired) electrons. The van der Waals surface area contributed by atoms with E-state index in [4.69, 9.17) is 14.6 Å². The second-order valence-electron chi connectivity index (χ2n) is 6.38. The van der Waals surface area contributed by atoms with Crippen LogP contribution in [-0.2, 0) is 11.4 Å². The molecule has 3 rings (SSSR count). The van der Waals surface area contributed by atoms with Gasteiger partial charge in [-0.2, -0.15) is 5.10 Å². The number of hydrogen-bond acceptors (Lipinski definition) is 7. The first-order valence-electron chi connectivity index (χ1n) is 8.80. The van der Waals surface area contributed by atoms with Crippen LogP contribution in [0.25, 0.3) is 0 Å². The Balaban J connectivity index is 1.66. The van der Waals surface area contributed by atoms with Gasteiger partial charge in [-0.25, -0.2) is 23.5 Å². The van der Waals surface area contributed by atoms with Crippen LogP contribution in [0.4, 0.5) is 20.4 Å². The number of anilines is 2. The van der Waals surface area contributed by atoms with Crippen LogP contribution in [0.15, 0.2) is 30.9 Å². The van der Waals surface area contributed by atoms with Crippen LogP contribution in [-0.4, -0.2) is 37.9 Å². The lowest BCUT2D eigenvalue weighted by Crippen LogP contribution is -2.15. The quantitative estimate of drug-likeness (QED) is 0.572. The van der Waals surface area contributed by atoms with E-state index in [1.165, 1.54) is 56.5 Å². The van der Waals surface area contributed by atoms with E-state index in [9.17, 15) is 13.6 Å². The number of carboxylic acids is 1. The normalized spacial score (nSPS) is 11.8. The Morgan fingerprint density at radius 1 is 1.27 bits per heavy atom. The Kier molecular flexibility index (Phi) is 6.09. The summed E-state index contributed by atoms with van der Waals surface area (Å²) in [6, 6.07) is 0.454. The maximum atomic E-state index is 14.3. The third-order valence-electron chi connectivity index (χ3n) is 4.28. The number of rotatable bonds is 8. The number of ether oxygens (including phenoxy) is 2. The predicted octanol–water partition coefficient (Wildman–Crippen LogP) is 3.24. The van der Waals surface area contributed by atoms with Crippen LogP contribution in [0, 0.1) is 18.6 Å². The predicted molar refractivity (Wildman–Crippen MR) is 102 cm³/mol. The van der Waals surface area contributed by atoms with Gasteiger partial charge < -0.3 is 19.9 Å². The van der Waals surface area contributed by atoms with Crippen molar-refractivity contribution in [3.05, 3.63) is 53.6 Å². The molecule has 0 spiro atoms. The first-order valence-corrected chi connectivity index (χ1v) is 8.80. The molecule has 0 aliphatic carbocycles. The first-order chi connectivity index (χ1) is 14.3. The number of aryl methyl sites for hydroxylation is 1. The molecule has 0 saturated heterocycles. The SMILES string of the molecule is COc1cc(C)c(F)c(COc2cnc(Nc3cnn(C(C)C(=O)O)c3)nc2)c1F. The van der Waals surface area contributed by atoms with E-state index in [0.717, 1.165) is 0 Å². The van der Waals surface area contributed by atoms with E-state index in [1.807, 2.05) is 0 Å².